The number of carbonyl (C=O) groups is 2. The lowest BCUT2D eigenvalue weighted by Crippen LogP contribution is -2.14. The summed E-state index contributed by atoms with van der Waals surface area (Å²) in [5.41, 5.74) is 7.12. The summed E-state index contributed by atoms with van der Waals surface area (Å²) in [5.74, 6) is -0.223. The second kappa shape index (κ2) is 13.6. The van der Waals surface area contributed by atoms with Crippen LogP contribution in [0.15, 0.2) is 95.8 Å². The van der Waals surface area contributed by atoms with Gasteiger partial charge in [-0.15, -0.1) is 0 Å². The van der Waals surface area contributed by atoms with Crippen molar-refractivity contribution in [3.8, 4) is 0 Å². The van der Waals surface area contributed by atoms with Gasteiger partial charge < -0.3 is 16.0 Å². The number of aromatic nitrogens is 2. The number of aryl methyl sites for hydroxylation is 1. The average Bonchev–Trinajstić information content (AvgIpc) is 2.92. The largest absolute Gasteiger partial charge is 0.324 e. The zero-order chi connectivity index (χ0) is 28.4. The highest BCUT2D eigenvalue weighted by molar-refractivity contribution is 6.06. The number of carbonyl (C=O) groups excluding carboxylic acids is 2. The van der Waals surface area contributed by atoms with Crippen molar-refractivity contribution < 1.29 is 9.59 Å². The molecular weight excluding hydrogens is 488 g/mol. The molecule has 0 aliphatic heterocycles. The Hall–Kier alpha value is -4.85. The van der Waals surface area contributed by atoms with Crippen LogP contribution in [0.25, 0.3) is 0 Å². The van der Waals surface area contributed by atoms with Gasteiger partial charge in [0.2, 0.25) is 11.9 Å². The van der Waals surface area contributed by atoms with Crippen LogP contribution in [-0.2, 0) is 4.79 Å². The number of hydrogen-bond donors (Lipinski definition) is 3. The van der Waals surface area contributed by atoms with Gasteiger partial charge in [-0.3, -0.25) is 14.6 Å². The highest BCUT2D eigenvalue weighted by atomic mass is 16.2. The van der Waals surface area contributed by atoms with Crippen LogP contribution < -0.4 is 16.0 Å². The number of hydrogen-bond acceptors (Lipinski definition) is 6. The normalized spacial score (nSPS) is 11.4. The number of anilines is 4. The summed E-state index contributed by atoms with van der Waals surface area (Å²) in [6.07, 6.45) is 9.17. The third-order valence-corrected chi connectivity index (χ3v) is 5.67. The van der Waals surface area contributed by atoms with Gasteiger partial charge in [0.15, 0.2) is 0 Å². The third-order valence-electron chi connectivity index (χ3n) is 5.67. The van der Waals surface area contributed by atoms with E-state index in [0.29, 0.717) is 28.6 Å². The second-order valence-electron chi connectivity index (χ2n) is 9.15. The van der Waals surface area contributed by atoms with Crippen LogP contribution >= 0.6 is 0 Å². The zero-order valence-electron chi connectivity index (χ0n) is 23.0. The van der Waals surface area contributed by atoms with Crippen molar-refractivity contribution in [1.82, 2.24) is 9.97 Å². The maximum absolute atomic E-state index is 13.1. The molecule has 0 aliphatic rings. The van der Waals surface area contributed by atoms with Crippen molar-refractivity contribution in [2.24, 2.45) is 4.99 Å². The third kappa shape index (κ3) is 8.60. The molecule has 0 saturated carbocycles. The van der Waals surface area contributed by atoms with Gasteiger partial charge in [0.1, 0.15) is 0 Å². The Morgan fingerprint density at radius 3 is 2.33 bits per heavy atom. The van der Waals surface area contributed by atoms with Crippen molar-refractivity contribution in [3.05, 3.63) is 102 Å². The lowest BCUT2D eigenvalue weighted by atomic mass is 10.1. The molecule has 0 saturated heterocycles. The summed E-state index contributed by atoms with van der Waals surface area (Å²) in [6.45, 7) is 13.6. The average molecular weight is 523 g/mol. The van der Waals surface area contributed by atoms with Gasteiger partial charge in [0.05, 0.1) is 23.8 Å². The van der Waals surface area contributed by atoms with E-state index in [2.05, 4.69) is 65.4 Å². The number of amides is 2. The molecule has 3 aromatic rings. The van der Waals surface area contributed by atoms with Crippen LogP contribution in [0.3, 0.4) is 0 Å². The lowest BCUT2D eigenvalue weighted by molar-refractivity contribution is -0.111. The number of nitrogens with one attached hydrogen (secondary N) is 3. The van der Waals surface area contributed by atoms with Crippen molar-refractivity contribution in [1.29, 1.82) is 0 Å². The molecule has 8 nitrogen and oxygen atoms in total. The monoisotopic (exact) mass is 522 g/mol. The van der Waals surface area contributed by atoms with E-state index in [1.807, 2.05) is 32.0 Å². The summed E-state index contributed by atoms with van der Waals surface area (Å²) in [7, 11) is 0. The molecule has 0 unspecified atom stereocenters. The fourth-order valence-corrected chi connectivity index (χ4v) is 3.57. The Morgan fingerprint density at radius 2 is 1.67 bits per heavy atom. The molecule has 0 atom stereocenters. The molecule has 39 heavy (non-hydrogen) atoms. The van der Waals surface area contributed by atoms with Crippen LogP contribution in [-0.4, -0.2) is 27.5 Å². The first-order chi connectivity index (χ1) is 18.7. The molecule has 0 spiro atoms. The van der Waals surface area contributed by atoms with E-state index in [1.165, 1.54) is 24.0 Å². The maximum atomic E-state index is 13.1. The molecule has 0 aliphatic carbocycles. The quantitative estimate of drug-likeness (QED) is 0.147. The lowest BCUT2D eigenvalue weighted by Gasteiger charge is -2.10. The van der Waals surface area contributed by atoms with E-state index in [4.69, 9.17) is 4.99 Å². The molecule has 1 heterocycles. The maximum Gasteiger partial charge on any atom is 0.256 e. The number of aliphatic imine (C=N–C) groups is 1. The number of allylic oxidation sites excluding steroid dienone is 4. The van der Waals surface area contributed by atoms with Crippen molar-refractivity contribution >= 4 is 46.2 Å². The topological polar surface area (TPSA) is 108 Å². The predicted molar refractivity (Wildman–Crippen MR) is 160 cm³/mol. The molecule has 0 fully saturated rings. The van der Waals surface area contributed by atoms with Crippen molar-refractivity contribution in [3.63, 3.8) is 0 Å². The standard InChI is InChI=1S/C31H34N6O2/c1-7-28(22(6)13-12-20(3)4)34-25-15-14-21(5)27(17-25)30(39)36-26-18-32-31(33-19-26)37-24-11-9-10-23(16-24)35-29(38)8-2/h8-19H,2,7H2,1,3-6H3,(H,35,38)(H,36,39)(H,32,33,37)/b22-13+,34-28?. The Morgan fingerprint density at radius 1 is 0.949 bits per heavy atom. The molecule has 3 N–H and O–H groups in total. The fourth-order valence-electron chi connectivity index (χ4n) is 3.57. The highest BCUT2D eigenvalue weighted by Crippen LogP contribution is 2.22. The Labute approximate surface area is 229 Å². The first-order valence-electron chi connectivity index (χ1n) is 12.6. The molecule has 0 radical (unpaired) electrons. The van der Waals surface area contributed by atoms with Crippen molar-refractivity contribution in [2.75, 3.05) is 16.0 Å². The van der Waals surface area contributed by atoms with Gasteiger partial charge in [-0.05, 0) is 81.7 Å². The Kier molecular flexibility index (Phi) is 10.0. The predicted octanol–water partition coefficient (Wildman–Crippen LogP) is 7.30. The van der Waals surface area contributed by atoms with Crippen LogP contribution in [0.2, 0.25) is 0 Å². The van der Waals surface area contributed by atoms with E-state index >= 15 is 0 Å². The molecule has 0 bridgehead atoms. The fraction of sp³-hybridized carbons (Fsp3) is 0.194. The van der Waals surface area contributed by atoms with Crippen LogP contribution in [0, 0.1) is 6.92 Å². The summed E-state index contributed by atoms with van der Waals surface area (Å²) < 4.78 is 0. The number of nitrogens with zero attached hydrogens (tertiary/aromatic N) is 3. The van der Waals surface area contributed by atoms with E-state index in [-0.39, 0.29) is 11.8 Å². The summed E-state index contributed by atoms with van der Waals surface area (Å²) in [6, 6.07) is 12.7. The van der Waals surface area contributed by atoms with Crippen LogP contribution in [0.5, 0.6) is 0 Å². The van der Waals surface area contributed by atoms with E-state index in [0.717, 1.165) is 29.0 Å². The first-order valence-corrected chi connectivity index (χ1v) is 12.6. The zero-order valence-corrected chi connectivity index (χ0v) is 23.0. The smallest absolute Gasteiger partial charge is 0.256 e. The van der Waals surface area contributed by atoms with E-state index in [9.17, 15) is 9.59 Å². The number of benzene rings is 2. The summed E-state index contributed by atoms with van der Waals surface area (Å²) >= 11 is 0. The molecular formula is C31H34N6O2. The minimum absolute atomic E-state index is 0.269. The van der Waals surface area contributed by atoms with Crippen molar-refractivity contribution in [2.45, 2.75) is 41.0 Å². The van der Waals surface area contributed by atoms with Gasteiger partial charge in [-0.25, -0.2) is 9.97 Å². The summed E-state index contributed by atoms with van der Waals surface area (Å²) in [4.78, 5) is 38.0. The summed E-state index contributed by atoms with van der Waals surface area (Å²) in [5, 5.41) is 8.64. The molecule has 200 valence electrons. The molecule has 1 aromatic heterocycles. The molecule has 2 aromatic carbocycles. The minimum atomic E-state index is -0.298. The van der Waals surface area contributed by atoms with E-state index in [1.54, 1.807) is 24.3 Å². The molecule has 8 heteroatoms. The van der Waals surface area contributed by atoms with Gasteiger partial charge >= 0.3 is 0 Å². The Balaban J connectivity index is 1.72. The molecule has 3 rings (SSSR count). The minimum Gasteiger partial charge on any atom is -0.324 e. The Bertz CT molecular complexity index is 1450. The SMILES string of the molecule is C=CC(=O)Nc1cccc(Nc2ncc(NC(=O)c3cc(N=C(CC)/C(C)=C/C=C(C)C)ccc3C)cn2)c1. The van der Waals surface area contributed by atoms with Gasteiger partial charge in [0, 0.05) is 22.6 Å². The van der Waals surface area contributed by atoms with Gasteiger partial charge in [-0.1, -0.05) is 43.4 Å². The van der Waals surface area contributed by atoms with E-state index < -0.39 is 0 Å². The first kappa shape index (κ1) is 28.7. The van der Waals surface area contributed by atoms with Crippen LogP contribution in [0.4, 0.5) is 28.7 Å². The van der Waals surface area contributed by atoms with Gasteiger partial charge in [0.25, 0.3) is 5.91 Å². The molecule has 2 amide bonds. The van der Waals surface area contributed by atoms with Gasteiger partial charge in [-0.2, -0.15) is 0 Å². The second-order valence-corrected chi connectivity index (χ2v) is 9.15. The van der Waals surface area contributed by atoms with Crippen LogP contribution in [0.1, 0.15) is 50.0 Å². The number of rotatable bonds is 10. The highest BCUT2D eigenvalue weighted by Gasteiger charge is 2.12.